The van der Waals surface area contributed by atoms with Crippen LogP contribution in [0.25, 0.3) is 0 Å². The molecule has 2 atom stereocenters. The van der Waals surface area contributed by atoms with E-state index in [-0.39, 0.29) is 12.1 Å². The van der Waals surface area contributed by atoms with Gasteiger partial charge in [0.15, 0.2) is 0 Å². The van der Waals surface area contributed by atoms with Crippen molar-refractivity contribution in [1.29, 1.82) is 0 Å². The van der Waals surface area contributed by atoms with Gasteiger partial charge in [-0.15, -0.1) is 0 Å². The number of ether oxygens (including phenoxy) is 1. The molecular formula is C17H29N3O. The van der Waals surface area contributed by atoms with Gasteiger partial charge in [-0.2, -0.15) is 0 Å². The summed E-state index contributed by atoms with van der Waals surface area (Å²) in [6, 6.07) is 8.42. The highest BCUT2D eigenvalue weighted by Crippen LogP contribution is 2.32. The van der Waals surface area contributed by atoms with Gasteiger partial charge in [-0.25, -0.2) is 0 Å². The molecule has 0 fully saturated rings. The zero-order valence-electron chi connectivity index (χ0n) is 13.7. The van der Waals surface area contributed by atoms with E-state index in [2.05, 4.69) is 43.8 Å². The monoisotopic (exact) mass is 291 g/mol. The summed E-state index contributed by atoms with van der Waals surface area (Å²) in [5.74, 6) is 1.56. The van der Waals surface area contributed by atoms with Crippen LogP contribution in [0.4, 0.5) is 0 Å². The van der Waals surface area contributed by atoms with E-state index in [0.717, 1.165) is 30.9 Å². The Morgan fingerprint density at radius 1 is 1.24 bits per heavy atom. The van der Waals surface area contributed by atoms with Crippen LogP contribution < -0.4 is 10.5 Å². The third-order valence-corrected chi connectivity index (χ3v) is 4.01. The van der Waals surface area contributed by atoms with Crippen LogP contribution in [0.1, 0.15) is 25.5 Å². The predicted molar refractivity (Wildman–Crippen MR) is 87.6 cm³/mol. The molecular weight excluding hydrogens is 262 g/mol. The lowest BCUT2D eigenvalue weighted by Gasteiger charge is -2.40. The van der Waals surface area contributed by atoms with E-state index < -0.39 is 0 Å². The maximum absolute atomic E-state index is 6.54. The third-order valence-electron chi connectivity index (χ3n) is 4.01. The standard InChI is InChI=1S/C17H29N3O/c1-13(2)11-20(10-9-19(3)4)15-12-21-16-8-6-5-7-14(16)17(15)18/h5-8,13,15,17H,9-12,18H2,1-4H3. The largest absolute Gasteiger partial charge is 0.492 e. The molecule has 0 amide bonds. The average molecular weight is 291 g/mol. The first-order valence-electron chi connectivity index (χ1n) is 7.85. The number of para-hydroxylation sites is 1. The number of likely N-dealkylation sites (N-methyl/N-ethyl adjacent to an activating group) is 1. The molecule has 1 aromatic rings. The van der Waals surface area contributed by atoms with Gasteiger partial charge in [0.05, 0.1) is 12.1 Å². The molecule has 0 saturated carbocycles. The van der Waals surface area contributed by atoms with E-state index in [1.807, 2.05) is 18.2 Å². The lowest BCUT2D eigenvalue weighted by atomic mass is 9.95. The van der Waals surface area contributed by atoms with Gasteiger partial charge in [0.2, 0.25) is 0 Å². The molecule has 1 aliphatic rings. The van der Waals surface area contributed by atoms with E-state index in [1.165, 1.54) is 0 Å². The Labute approximate surface area is 128 Å². The third kappa shape index (κ3) is 4.19. The van der Waals surface area contributed by atoms with Crippen molar-refractivity contribution >= 4 is 0 Å². The van der Waals surface area contributed by atoms with Gasteiger partial charge in [-0.05, 0) is 26.1 Å². The fraction of sp³-hybridized carbons (Fsp3) is 0.647. The molecule has 0 spiro atoms. The molecule has 0 aromatic heterocycles. The van der Waals surface area contributed by atoms with Crippen molar-refractivity contribution in [3.8, 4) is 5.75 Å². The Morgan fingerprint density at radius 3 is 2.62 bits per heavy atom. The fourth-order valence-corrected chi connectivity index (χ4v) is 2.90. The minimum atomic E-state index is 0.0239. The van der Waals surface area contributed by atoms with Crippen molar-refractivity contribution < 1.29 is 4.74 Å². The number of nitrogens with two attached hydrogens (primary N) is 1. The second-order valence-corrected chi connectivity index (χ2v) is 6.63. The molecule has 4 nitrogen and oxygen atoms in total. The zero-order valence-corrected chi connectivity index (χ0v) is 13.7. The van der Waals surface area contributed by atoms with Crippen molar-refractivity contribution in [2.75, 3.05) is 40.3 Å². The van der Waals surface area contributed by atoms with Crippen LogP contribution >= 0.6 is 0 Å². The Balaban J connectivity index is 2.13. The SMILES string of the molecule is CC(C)CN(CCN(C)C)C1COc2ccccc2C1N. The molecule has 0 aliphatic carbocycles. The molecule has 1 aromatic carbocycles. The molecule has 21 heavy (non-hydrogen) atoms. The molecule has 1 heterocycles. The van der Waals surface area contributed by atoms with E-state index >= 15 is 0 Å². The molecule has 0 saturated heterocycles. The second-order valence-electron chi connectivity index (χ2n) is 6.63. The summed E-state index contributed by atoms with van der Waals surface area (Å²) in [5.41, 5.74) is 7.67. The lowest BCUT2D eigenvalue weighted by molar-refractivity contribution is 0.0817. The van der Waals surface area contributed by atoms with Crippen LogP contribution in [0.3, 0.4) is 0 Å². The summed E-state index contributed by atoms with van der Waals surface area (Å²) < 4.78 is 5.94. The first-order valence-corrected chi connectivity index (χ1v) is 7.85. The number of rotatable bonds is 6. The molecule has 0 bridgehead atoms. The summed E-state index contributed by atoms with van der Waals surface area (Å²) in [4.78, 5) is 4.71. The fourth-order valence-electron chi connectivity index (χ4n) is 2.90. The maximum atomic E-state index is 6.54. The lowest BCUT2D eigenvalue weighted by Crippen LogP contribution is -2.51. The molecule has 2 rings (SSSR count). The van der Waals surface area contributed by atoms with Gasteiger partial charge in [0, 0.05) is 25.2 Å². The van der Waals surface area contributed by atoms with Gasteiger partial charge in [0.25, 0.3) is 0 Å². The molecule has 2 N–H and O–H groups in total. The van der Waals surface area contributed by atoms with Crippen LogP contribution in [0.2, 0.25) is 0 Å². The van der Waals surface area contributed by atoms with Gasteiger partial charge in [0.1, 0.15) is 12.4 Å². The van der Waals surface area contributed by atoms with Crippen molar-refractivity contribution in [3.05, 3.63) is 29.8 Å². The second kappa shape index (κ2) is 7.25. The number of hydrogen-bond acceptors (Lipinski definition) is 4. The van der Waals surface area contributed by atoms with Crippen LogP contribution in [-0.4, -0.2) is 56.2 Å². The van der Waals surface area contributed by atoms with Crippen molar-refractivity contribution in [1.82, 2.24) is 9.80 Å². The minimum absolute atomic E-state index is 0.0239. The number of hydrogen-bond donors (Lipinski definition) is 1. The summed E-state index contributed by atoms with van der Waals surface area (Å²) in [7, 11) is 4.22. The van der Waals surface area contributed by atoms with Crippen LogP contribution in [-0.2, 0) is 0 Å². The highest BCUT2D eigenvalue weighted by atomic mass is 16.5. The summed E-state index contributed by atoms with van der Waals surface area (Å²) in [5, 5.41) is 0. The van der Waals surface area contributed by atoms with Crippen LogP contribution in [0, 0.1) is 5.92 Å². The normalized spacial score (nSPS) is 21.7. The van der Waals surface area contributed by atoms with Gasteiger partial charge < -0.3 is 15.4 Å². The van der Waals surface area contributed by atoms with Crippen LogP contribution in [0.15, 0.2) is 24.3 Å². The zero-order chi connectivity index (χ0) is 15.4. The summed E-state index contributed by atoms with van der Waals surface area (Å²) in [6.45, 7) is 8.31. The molecule has 0 radical (unpaired) electrons. The average Bonchev–Trinajstić information content (AvgIpc) is 2.44. The molecule has 118 valence electrons. The molecule has 4 heteroatoms. The van der Waals surface area contributed by atoms with Crippen molar-refractivity contribution in [2.45, 2.75) is 25.9 Å². The highest BCUT2D eigenvalue weighted by Gasteiger charge is 2.32. The van der Waals surface area contributed by atoms with E-state index in [0.29, 0.717) is 12.5 Å². The van der Waals surface area contributed by atoms with Crippen molar-refractivity contribution in [3.63, 3.8) is 0 Å². The van der Waals surface area contributed by atoms with E-state index in [4.69, 9.17) is 10.5 Å². The van der Waals surface area contributed by atoms with E-state index in [1.54, 1.807) is 0 Å². The number of nitrogens with zero attached hydrogens (tertiary/aromatic N) is 2. The Morgan fingerprint density at radius 2 is 1.95 bits per heavy atom. The molecule has 2 unspecified atom stereocenters. The van der Waals surface area contributed by atoms with E-state index in [9.17, 15) is 0 Å². The minimum Gasteiger partial charge on any atom is -0.492 e. The van der Waals surface area contributed by atoms with Crippen LogP contribution in [0.5, 0.6) is 5.75 Å². The van der Waals surface area contributed by atoms with Gasteiger partial charge >= 0.3 is 0 Å². The predicted octanol–water partition coefficient (Wildman–Crippen LogP) is 1.97. The topological polar surface area (TPSA) is 41.7 Å². The Hall–Kier alpha value is -1.10. The van der Waals surface area contributed by atoms with Crippen molar-refractivity contribution in [2.24, 2.45) is 11.7 Å². The summed E-state index contributed by atoms with van der Waals surface area (Å²) in [6.07, 6.45) is 0. The Bertz CT molecular complexity index is 447. The first kappa shape index (κ1) is 16.3. The smallest absolute Gasteiger partial charge is 0.124 e. The first-order chi connectivity index (χ1) is 9.99. The quantitative estimate of drug-likeness (QED) is 0.870. The number of fused-ring (bicyclic) bond motifs is 1. The maximum Gasteiger partial charge on any atom is 0.124 e. The molecule has 1 aliphatic heterocycles. The Kier molecular flexibility index (Phi) is 5.62. The number of benzene rings is 1. The highest BCUT2D eigenvalue weighted by molar-refractivity contribution is 5.38. The van der Waals surface area contributed by atoms with Gasteiger partial charge in [-0.3, -0.25) is 4.90 Å². The van der Waals surface area contributed by atoms with Gasteiger partial charge in [-0.1, -0.05) is 32.0 Å². The summed E-state index contributed by atoms with van der Waals surface area (Å²) >= 11 is 0.